The number of hydrogen-bond acceptors (Lipinski definition) is 2. The second-order valence-electron chi connectivity index (χ2n) is 2.43. The highest BCUT2D eigenvalue weighted by atomic mass is 16.6. The van der Waals surface area contributed by atoms with Gasteiger partial charge in [-0.25, -0.2) is 4.79 Å². The van der Waals surface area contributed by atoms with E-state index in [2.05, 4.69) is 6.58 Å². The number of rotatable bonds is 4. The molecule has 0 saturated carbocycles. The second-order valence-corrected chi connectivity index (χ2v) is 2.43. The minimum Gasteiger partial charge on any atom is -0.465 e. The Bertz CT molecular complexity index is 165. The number of carbonyl (C=O) groups is 1. The lowest BCUT2D eigenvalue weighted by atomic mass is 10.4. The molecule has 62 valence electrons. The van der Waals surface area contributed by atoms with Crippen molar-refractivity contribution in [2.45, 2.75) is 6.10 Å². The summed E-state index contributed by atoms with van der Waals surface area (Å²) >= 11 is 0. The van der Waals surface area contributed by atoms with Gasteiger partial charge in [-0.05, 0) is 0 Å². The largest absolute Gasteiger partial charge is 0.465 e. The third-order valence-corrected chi connectivity index (χ3v) is 1.45. The highest BCUT2D eigenvalue weighted by molar-refractivity contribution is 5.65. The monoisotopic (exact) mass is 157 g/mol. The highest BCUT2D eigenvalue weighted by Crippen LogP contribution is 2.10. The van der Waals surface area contributed by atoms with E-state index in [0.717, 1.165) is 0 Å². The van der Waals surface area contributed by atoms with Gasteiger partial charge >= 0.3 is 6.09 Å². The van der Waals surface area contributed by atoms with Crippen molar-refractivity contribution in [2.75, 3.05) is 19.7 Å². The first kappa shape index (κ1) is 8.07. The van der Waals surface area contributed by atoms with Crippen molar-refractivity contribution in [3.63, 3.8) is 0 Å². The van der Waals surface area contributed by atoms with E-state index in [0.29, 0.717) is 19.7 Å². The van der Waals surface area contributed by atoms with Gasteiger partial charge in [-0.3, -0.25) is 0 Å². The number of ether oxygens (including phenoxy) is 1. The zero-order valence-electron chi connectivity index (χ0n) is 6.19. The number of amides is 1. The molecule has 0 aliphatic carbocycles. The van der Waals surface area contributed by atoms with Gasteiger partial charge in [-0.15, -0.1) is 6.58 Å². The van der Waals surface area contributed by atoms with E-state index in [1.807, 2.05) is 0 Å². The Kier molecular flexibility index (Phi) is 2.48. The zero-order valence-corrected chi connectivity index (χ0v) is 6.19. The summed E-state index contributed by atoms with van der Waals surface area (Å²) in [6.45, 7) is 4.98. The van der Waals surface area contributed by atoms with E-state index in [1.165, 1.54) is 4.90 Å². The second kappa shape index (κ2) is 3.39. The summed E-state index contributed by atoms with van der Waals surface area (Å²) in [6.07, 6.45) is 0.766. The van der Waals surface area contributed by atoms with Gasteiger partial charge in [0.1, 0.15) is 0 Å². The normalized spacial score (nSPS) is 20.9. The summed E-state index contributed by atoms with van der Waals surface area (Å²) in [7, 11) is 0. The van der Waals surface area contributed by atoms with Crippen LogP contribution in [0.1, 0.15) is 0 Å². The van der Waals surface area contributed by atoms with Crippen LogP contribution in [0, 0.1) is 0 Å². The maximum atomic E-state index is 10.5. The van der Waals surface area contributed by atoms with Gasteiger partial charge in [0.25, 0.3) is 0 Å². The lowest BCUT2D eigenvalue weighted by molar-refractivity contribution is 0.146. The van der Waals surface area contributed by atoms with Gasteiger partial charge in [0.05, 0.1) is 19.3 Å². The molecule has 1 aliphatic rings. The smallest absolute Gasteiger partial charge is 0.407 e. The first-order chi connectivity index (χ1) is 5.24. The van der Waals surface area contributed by atoms with Crippen molar-refractivity contribution in [2.24, 2.45) is 0 Å². The van der Waals surface area contributed by atoms with Gasteiger partial charge in [-0.2, -0.15) is 0 Å². The number of carboxylic acid groups (broad SMARTS) is 1. The van der Waals surface area contributed by atoms with Crippen molar-refractivity contribution in [1.29, 1.82) is 0 Å². The van der Waals surface area contributed by atoms with E-state index >= 15 is 0 Å². The molecule has 1 fully saturated rings. The van der Waals surface area contributed by atoms with Crippen molar-refractivity contribution >= 4 is 6.09 Å². The van der Waals surface area contributed by atoms with E-state index < -0.39 is 6.09 Å². The topological polar surface area (TPSA) is 53.1 Å². The van der Waals surface area contributed by atoms with Crippen LogP contribution in [0.3, 0.4) is 0 Å². The molecule has 1 saturated heterocycles. The molecule has 0 spiro atoms. The molecular weight excluding hydrogens is 146 g/mol. The fraction of sp³-hybridized carbons (Fsp3) is 0.571. The van der Waals surface area contributed by atoms with Gasteiger partial charge in [0.15, 0.2) is 0 Å². The zero-order chi connectivity index (χ0) is 8.27. The predicted octanol–water partition coefficient (Wildman–Crippen LogP) is 0.551. The van der Waals surface area contributed by atoms with Crippen LogP contribution < -0.4 is 0 Å². The summed E-state index contributed by atoms with van der Waals surface area (Å²) in [5, 5.41) is 8.60. The minimum absolute atomic E-state index is 0.117. The van der Waals surface area contributed by atoms with E-state index in [1.54, 1.807) is 6.08 Å². The van der Waals surface area contributed by atoms with Crippen LogP contribution in [0.2, 0.25) is 0 Å². The van der Waals surface area contributed by atoms with E-state index in [-0.39, 0.29) is 6.10 Å². The van der Waals surface area contributed by atoms with Gasteiger partial charge < -0.3 is 14.7 Å². The molecule has 0 aromatic heterocycles. The average molecular weight is 157 g/mol. The van der Waals surface area contributed by atoms with E-state index in [9.17, 15) is 4.79 Å². The maximum absolute atomic E-state index is 10.5. The molecule has 1 aliphatic heterocycles. The highest BCUT2D eigenvalue weighted by Gasteiger charge is 2.26. The molecule has 1 heterocycles. The molecule has 1 amide bonds. The number of epoxide rings is 1. The average Bonchev–Trinajstić information content (AvgIpc) is 2.70. The molecule has 1 N–H and O–H groups in total. The first-order valence-corrected chi connectivity index (χ1v) is 3.44. The summed E-state index contributed by atoms with van der Waals surface area (Å²) in [4.78, 5) is 11.8. The lowest BCUT2D eigenvalue weighted by Crippen LogP contribution is -2.32. The molecule has 4 nitrogen and oxygen atoms in total. The third-order valence-electron chi connectivity index (χ3n) is 1.45. The summed E-state index contributed by atoms with van der Waals surface area (Å²) in [5.41, 5.74) is 0. The van der Waals surface area contributed by atoms with Gasteiger partial charge in [0, 0.05) is 6.54 Å². The lowest BCUT2D eigenvalue weighted by Gasteiger charge is -2.14. The van der Waals surface area contributed by atoms with E-state index in [4.69, 9.17) is 9.84 Å². The van der Waals surface area contributed by atoms with Crippen molar-refractivity contribution < 1.29 is 14.6 Å². The molecule has 1 rings (SSSR count). The molecule has 1 unspecified atom stereocenters. The quantitative estimate of drug-likeness (QED) is 0.479. The molecule has 0 aromatic carbocycles. The van der Waals surface area contributed by atoms with Crippen LogP contribution >= 0.6 is 0 Å². The Hall–Kier alpha value is -1.03. The first-order valence-electron chi connectivity index (χ1n) is 3.44. The summed E-state index contributed by atoms with van der Waals surface area (Å²) in [5.74, 6) is 0. The molecule has 1 atom stereocenters. The molecular formula is C7H11NO3. The molecule has 4 heteroatoms. The van der Waals surface area contributed by atoms with Gasteiger partial charge in [0.2, 0.25) is 0 Å². The Balaban J connectivity index is 2.30. The maximum Gasteiger partial charge on any atom is 0.407 e. The van der Waals surface area contributed by atoms with Crippen LogP contribution in [0.5, 0.6) is 0 Å². The van der Waals surface area contributed by atoms with Crippen LogP contribution in [0.15, 0.2) is 12.7 Å². The third kappa shape index (κ3) is 2.59. The van der Waals surface area contributed by atoms with Crippen LogP contribution in [0.25, 0.3) is 0 Å². The van der Waals surface area contributed by atoms with Crippen LogP contribution in [-0.4, -0.2) is 41.9 Å². The van der Waals surface area contributed by atoms with Crippen LogP contribution in [-0.2, 0) is 4.74 Å². The Morgan fingerprint density at radius 3 is 2.91 bits per heavy atom. The minimum atomic E-state index is -0.916. The summed E-state index contributed by atoms with van der Waals surface area (Å²) in [6, 6.07) is 0. The molecule has 0 radical (unpaired) electrons. The Labute approximate surface area is 65.1 Å². The molecule has 0 bridgehead atoms. The van der Waals surface area contributed by atoms with Gasteiger partial charge in [-0.1, -0.05) is 6.08 Å². The van der Waals surface area contributed by atoms with Crippen molar-refractivity contribution in [1.82, 2.24) is 4.90 Å². The fourth-order valence-corrected chi connectivity index (χ4v) is 0.806. The SMILES string of the molecule is C=CCN(CC1CO1)C(=O)O. The van der Waals surface area contributed by atoms with Crippen molar-refractivity contribution in [3.05, 3.63) is 12.7 Å². The predicted molar refractivity (Wildman–Crippen MR) is 39.5 cm³/mol. The summed E-state index contributed by atoms with van der Waals surface area (Å²) < 4.78 is 4.90. The molecule has 11 heavy (non-hydrogen) atoms. The Morgan fingerprint density at radius 1 is 1.91 bits per heavy atom. The molecule has 0 aromatic rings. The number of nitrogens with zero attached hydrogens (tertiary/aromatic N) is 1. The van der Waals surface area contributed by atoms with Crippen molar-refractivity contribution in [3.8, 4) is 0 Å². The fourth-order valence-electron chi connectivity index (χ4n) is 0.806. The number of hydrogen-bond donors (Lipinski definition) is 1. The van der Waals surface area contributed by atoms with Crippen LogP contribution in [0.4, 0.5) is 4.79 Å². The standard InChI is InChI=1S/C7H11NO3/c1-2-3-8(7(9)10)4-6-5-11-6/h2,6H,1,3-5H2,(H,9,10). The Morgan fingerprint density at radius 2 is 2.55 bits per heavy atom.